The number of rotatable bonds is 6. The van der Waals surface area contributed by atoms with E-state index in [-0.39, 0.29) is 12.5 Å². The van der Waals surface area contributed by atoms with Crippen LogP contribution in [0.4, 0.5) is 11.4 Å². The summed E-state index contributed by atoms with van der Waals surface area (Å²) in [7, 11) is 1.50. The highest BCUT2D eigenvalue weighted by atomic mass is 16.5. The van der Waals surface area contributed by atoms with Gasteiger partial charge >= 0.3 is 0 Å². The van der Waals surface area contributed by atoms with Gasteiger partial charge in [0.2, 0.25) is 5.91 Å². The summed E-state index contributed by atoms with van der Waals surface area (Å²) in [5.41, 5.74) is 7.59. The van der Waals surface area contributed by atoms with Gasteiger partial charge in [0.1, 0.15) is 6.61 Å². The number of carbonyl (C=O) groups excluding carboxylic acids is 1. The Bertz CT molecular complexity index is 450. The topological polar surface area (TPSA) is 76.4 Å². The molecule has 5 heteroatoms. The zero-order valence-electron chi connectivity index (χ0n) is 11.9. The molecule has 0 saturated heterocycles. The molecule has 1 fully saturated rings. The minimum atomic E-state index is -0.148. The first-order valence-corrected chi connectivity index (χ1v) is 7.08. The number of nitrogens with one attached hydrogen (secondary N) is 2. The third kappa shape index (κ3) is 3.95. The maximum Gasteiger partial charge on any atom is 0.250 e. The molecule has 20 heavy (non-hydrogen) atoms. The summed E-state index contributed by atoms with van der Waals surface area (Å²) in [6.45, 7) is 0.789. The number of ether oxygens (including phenoxy) is 1. The van der Waals surface area contributed by atoms with Crippen LogP contribution < -0.4 is 16.4 Å². The summed E-state index contributed by atoms with van der Waals surface area (Å²) in [6, 6.07) is 8.19. The van der Waals surface area contributed by atoms with Crippen molar-refractivity contribution in [3.8, 4) is 0 Å². The Morgan fingerprint density at radius 3 is 2.95 bits per heavy atom. The lowest BCUT2D eigenvalue weighted by molar-refractivity contribution is -0.119. The SMILES string of the molecule is COCC(=O)Nc1cccc(NC2CCCC2CN)c1. The van der Waals surface area contributed by atoms with Gasteiger partial charge in [-0.15, -0.1) is 0 Å². The fraction of sp³-hybridized carbons (Fsp3) is 0.533. The van der Waals surface area contributed by atoms with Crippen molar-refractivity contribution < 1.29 is 9.53 Å². The van der Waals surface area contributed by atoms with Gasteiger partial charge in [0, 0.05) is 24.5 Å². The fourth-order valence-electron chi connectivity index (χ4n) is 2.74. The highest BCUT2D eigenvalue weighted by Crippen LogP contribution is 2.28. The van der Waals surface area contributed by atoms with Crippen LogP contribution in [-0.2, 0) is 9.53 Å². The largest absolute Gasteiger partial charge is 0.382 e. The molecule has 1 aromatic carbocycles. The third-order valence-corrected chi connectivity index (χ3v) is 3.74. The first-order chi connectivity index (χ1) is 9.72. The van der Waals surface area contributed by atoms with Crippen molar-refractivity contribution in [1.29, 1.82) is 0 Å². The molecule has 0 spiro atoms. The molecule has 0 bridgehead atoms. The molecule has 2 rings (SSSR count). The molecule has 0 aliphatic heterocycles. The van der Waals surface area contributed by atoms with Gasteiger partial charge in [0.25, 0.3) is 0 Å². The van der Waals surface area contributed by atoms with Crippen LogP contribution in [0.3, 0.4) is 0 Å². The quantitative estimate of drug-likeness (QED) is 0.741. The highest BCUT2D eigenvalue weighted by molar-refractivity contribution is 5.92. The Morgan fingerprint density at radius 2 is 2.20 bits per heavy atom. The van der Waals surface area contributed by atoms with Gasteiger partial charge in [-0.05, 0) is 43.5 Å². The van der Waals surface area contributed by atoms with Crippen LogP contribution in [0.1, 0.15) is 19.3 Å². The molecule has 1 saturated carbocycles. The molecule has 1 aromatic rings. The normalized spacial score (nSPS) is 21.7. The Hall–Kier alpha value is -1.59. The van der Waals surface area contributed by atoms with E-state index in [0.29, 0.717) is 12.0 Å². The van der Waals surface area contributed by atoms with Crippen LogP contribution in [0.5, 0.6) is 0 Å². The van der Waals surface area contributed by atoms with E-state index in [1.165, 1.54) is 20.0 Å². The van der Waals surface area contributed by atoms with Gasteiger partial charge in [-0.2, -0.15) is 0 Å². The molecule has 0 heterocycles. The molecule has 2 atom stereocenters. The lowest BCUT2D eigenvalue weighted by Gasteiger charge is -2.21. The van der Waals surface area contributed by atoms with E-state index in [1.54, 1.807) is 0 Å². The van der Waals surface area contributed by atoms with E-state index in [9.17, 15) is 4.79 Å². The monoisotopic (exact) mass is 277 g/mol. The molecule has 2 unspecified atom stereocenters. The van der Waals surface area contributed by atoms with E-state index < -0.39 is 0 Å². The molecule has 4 N–H and O–H groups in total. The van der Waals surface area contributed by atoms with Gasteiger partial charge in [0.15, 0.2) is 0 Å². The fourth-order valence-corrected chi connectivity index (χ4v) is 2.74. The van der Waals surface area contributed by atoms with Crippen molar-refractivity contribution in [3.63, 3.8) is 0 Å². The van der Waals surface area contributed by atoms with Gasteiger partial charge in [-0.1, -0.05) is 12.5 Å². The molecular formula is C15H23N3O2. The average Bonchev–Trinajstić information content (AvgIpc) is 2.86. The van der Waals surface area contributed by atoms with Crippen molar-refractivity contribution in [2.45, 2.75) is 25.3 Å². The number of methoxy groups -OCH3 is 1. The number of benzene rings is 1. The summed E-state index contributed by atoms with van der Waals surface area (Å²) in [4.78, 5) is 11.5. The molecule has 1 aliphatic carbocycles. The number of carbonyl (C=O) groups is 1. The van der Waals surface area contributed by atoms with E-state index in [4.69, 9.17) is 10.5 Å². The summed E-state index contributed by atoms with van der Waals surface area (Å²) >= 11 is 0. The molecule has 0 aromatic heterocycles. The van der Waals surface area contributed by atoms with Crippen LogP contribution in [0.25, 0.3) is 0 Å². The van der Waals surface area contributed by atoms with Crippen molar-refractivity contribution in [2.75, 3.05) is 30.9 Å². The standard InChI is InChI=1S/C15H23N3O2/c1-20-10-15(19)18-13-6-3-5-12(8-13)17-14-7-2-4-11(14)9-16/h3,5-6,8,11,14,17H,2,4,7,9-10,16H2,1H3,(H,18,19). The second-order valence-corrected chi connectivity index (χ2v) is 5.24. The van der Waals surface area contributed by atoms with E-state index >= 15 is 0 Å². The second-order valence-electron chi connectivity index (χ2n) is 5.24. The molecule has 1 amide bonds. The molecular weight excluding hydrogens is 254 g/mol. The zero-order valence-corrected chi connectivity index (χ0v) is 11.9. The van der Waals surface area contributed by atoms with Crippen LogP contribution in [0, 0.1) is 5.92 Å². The minimum Gasteiger partial charge on any atom is -0.382 e. The lowest BCUT2D eigenvalue weighted by Crippen LogP contribution is -2.29. The highest BCUT2D eigenvalue weighted by Gasteiger charge is 2.25. The average molecular weight is 277 g/mol. The molecule has 0 radical (unpaired) electrons. The summed E-state index contributed by atoms with van der Waals surface area (Å²) in [6.07, 6.45) is 3.57. The number of anilines is 2. The summed E-state index contributed by atoms with van der Waals surface area (Å²) in [5, 5.41) is 6.33. The first-order valence-electron chi connectivity index (χ1n) is 7.08. The maximum absolute atomic E-state index is 11.5. The predicted molar refractivity (Wildman–Crippen MR) is 80.8 cm³/mol. The van der Waals surface area contributed by atoms with Gasteiger partial charge in [0.05, 0.1) is 0 Å². The van der Waals surface area contributed by atoms with Gasteiger partial charge < -0.3 is 21.1 Å². The second kappa shape index (κ2) is 7.26. The van der Waals surface area contributed by atoms with Crippen LogP contribution in [0.15, 0.2) is 24.3 Å². The number of nitrogens with two attached hydrogens (primary N) is 1. The smallest absolute Gasteiger partial charge is 0.250 e. The summed E-state index contributed by atoms with van der Waals surface area (Å²) < 4.78 is 4.80. The van der Waals surface area contributed by atoms with Crippen LogP contribution in [-0.4, -0.2) is 32.2 Å². The van der Waals surface area contributed by atoms with Crippen molar-refractivity contribution >= 4 is 17.3 Å². The van der Waals surface area contributed by atoms with Gasteiger partial charge in [-0.25, -0.2) is 0 Å². The van der Waals surface area contributed by atoms with E-state index in [2.05, 4.69) is 10.6 Å². The number of amides is 1. The first kappa shape index (κ1) is 14.8. The molecule has 5 nitrogen and oxygen atoms in total. The summed E-state index contributed by atoms with van der Waals surface area (Å²) in [5.74, 6) is 0.395. The van der Waals surface area contributed by atoms with Crippen LogP contribution in [0.2, 0.25) is 0 Å². The van der Waals surface area contributed by atoms with E-state index in [0.717, 1.165) is 24.3 Å². The number of hydrogen-bond acceptors (Lipinski definition) is 4. The van der Waals surface area contributed by atoms with E-state index in [1.807, 2.05) is 24.3 Å². The Morgan fingerprint density at radius 1 is 1.40 bits per heavy atom. The van der Waals surface area contributed by atoms with Crippen molar-refractivity contribution in [1.82, 2.24) is 0 Å². The van der Waals surface area contributed by atoms with Crippen molar-refractivity contribution in [3.05, 3.63) is 24.3 Å². The Balaban J connectivity index is 1.97. The Labute approximate surface area is 119 Å². The Kier molecular flexibility index (Phi) is 5.38. The minimum absolute atomic E-state index is 0.0650. The predicted octanol–water partition coefficient (Wildman–Crippen LogP) is 1.81. The third-order valence-electron chi connectivity index (χ3n) is 3.74. The zero-order chi connectivity index (χ0) is 14.4. The maximum atomic E-state index is 11.5. The number of hydrogen-bond donors (Lipinski definition) is 3. The van der Waals surface area contributed by atoms with Crippen molar-refractivity contribution in [2.24, 2.45) is 11.7 Å². The lowest BCUT2D eigenvalue weighted by atomic mass is 10.0. The molecule has 1 aliphatic rings. The molecule has 110 valence electrons. The van der Waals surface area contributed by atoms with Gasteiger partial charge in [-0.3, -0.25) is 4.79 Å². The van der Waals surface area contributed by atoms with Crippen LogP contribution >= 0.6 is 0 Å².